The number of benzene rings is 2. The molecular formula is C24H23N3O3. The summed E-state index contributed by atoms with van der Waals surface area (Å²) in [6.07, 6.45) is 8.29. The minimum Gasteiger partial charge on any atom is -0.512 e. The minimum atomic E-state index is -0.378. The molecule has 1 aliphatic heterocycles. The summed E-state index contributed by atoms with van der Waals surface area (Å²) in [6, 6.07) is 10.8. The van der Waals surface area contributed by atoms with E-state index in [1.54, 1.807) is 7.11 Å². The maximum absolute atomic E-state index is 10.4. The van der Waals surface area contributed by atoms with Gasteiger partial charge in [0.15, 0.2) is 6.17 Å². The molecule has 0 aromatic heterocycles. The van der Waals surface area contributed by atoms with E-state index in [1.165, 1.54) is 22.6 Å². The van der Waals surface area contributed by atoms with Gasteiger partial charge in [-0.3, -0.25) is 0 Å². The Morgan fingerprint density at radius 1 is 1.13 bits per heavy atom. The van der Waals surface area contributed by atoms with Gasteiger partial charge in [0.05, 0.1) is 12.9 Å². The largest absolute Gasteiger partial charge is 0.512 e. The van der Waals surface area contributed by atoms with Gasteiger partial charge in [-0.1, -0.05) is 36.4 Å². The fourth-order valence-electron chi connectivity index (χ4n) is 4.35. The minimum absolute atomic E-state index is 0.0181. The van der Waals surface area contributed by atoms with Crippen LogP contribution in [0.5, 0.6) is 0 Å². The number of aliphatic hydroxyl groups is 2. The van der Waals surface area contributed by atoms with Crippen molar-refractivity contribution in [3.63, 3.8) is 0 Å². The van der Waals surface area contributed by atoms with Crippen molar-refractivity contribution in [3.05, 3.63) is 76.3 Å². The molecule has 0 saturated carbocycles. The molecular weight excluding hydrogens is 378 g/mol. The molecule has 1 heterocycles. The number of nitrogens with one attached hydrogen (secondary N) is 1. The fraction of sp³-hybridized carbons (Fsp3) is 0.250. The highest BCUT2D eigenvalue weighted by molar-refractivity contribution is 6.06. The van der Waals surface area contributed by atoms with Gasteiger partial charge in [-0.05, 0) is 47.2 Å². The summed E-state index contributed by atoms with van der Waals surface area (Å²) in [5.41, 5.74) is 4.25. The molecule has 2 aromatic carbocycles. The zero-order valence-corrected chi connectivity index (χ0v) is 16.7. The molecule has 0 saturated heterocycles. The Hall–Kier alpha value is -3.54. The Balaban J connectivity index is 1.62. The zero-order chi connectivity index (χ0) is 20.7. The van der Waals surface area contributed by atoms with Crippen molar-refractivity contribution in [2.24, 2.45) is 9.98 Å². The lowest BCUT2D eigenvalue weighted by Crippen LogP contribution is -2.35. The number of allylic oxidation sites excluding steroid dienone is 3. The molecule has 3 aliphatic rings. The number of methoxy groups -OCH3 is 1. The Kier molecular flexibility index (Phi) is 4.54. The van der Waals surface area contributed by atoms with Gasteiger partial charge in [0.1, 0.15) is 11.6 Å². The summed E-state index contributed by atoms with van der Waals surface area (Å²) in [5.74, 6) is 0.714. The van der Waals surface area contributed by atoms with Crippen LogP contribution in [0.3, 0.4) is 0 Å². The van der Waals surface area contributed by atoms with Gasteiger partial charge < -0.3 is 20.3 Å². The SMILES string of the molecule is COC1=NC(c2cc3ccccc3c3c2CCC=C3)NC(C2=C(O)C=C(O)CC2)=N1. The molecule has 5 rings (SSSR count). The highest BCUT2D eigenvalue weighted by Gasteiger charge is 2.28. The quantitative estimate of drug-likeness (QED) is 0.671. The monoisotopic (exact) mass is 401 g/mol. The van der Waals surface area contributed by atoms with E-state index in [-0.39, 0.29) is 23.7 Å². The number of amidine groups is 2. The normalized spacial score (nSPS) is 20.8. The first-order valence-corrected chi connectivity index (χ1v) is 10.1. The van der Waals surface area contributed by atoms with Gasteiger partial charge >= 0.3 is 6.02 Å². The first-order chi connectivity index (χ1) is 14.6. The lowest BCUT2D eigenvalue weighted by molar-refractivity contribution is 0.360. The lowest BCUT2D eigenvalue weighted by Gasteiger charge is -2.28. The van der Waals surface area contributed by atoms with Gasteiger partial charge in [0, 0.05) is 23.6 Å². The fourth-order valence-corrected chi connectivity index (χ4v) is 4.35. The molecule has 0 fully saturated rings. The molecule has 1 atom stereocenters. The summed E-state index contributed by atoms with van der Waals surface area (Å²) in [7, 11) is 1.54. The number of hydrogen-bond acceptors (Lipinski definition) is 6. The molecule has 1 unspecified atom stereocenters. The van der Waals surface area contributed by atoms with Crippen LogP contribution >= 0.6 is 0 Å². The first kappa shape index (κ1) is 18.5. The van der Waals surface area contributed by atoms with E-state index in [0.29, 0.717) is 24.3 Å². The third-order valence-electron chi connectivity index (χ3n) is 5.81. The predicted molar refractivity (Wildman–Crippen MR) is 119 cm³/mol. The van der Waals surface area contributed by atoms with Crippen molar-refractivity contribution < 1.29 is 14.9 Å². The van der Waals surface area contributed by atoms with Crippen molar-refractivity contribution in [1.29, 1.82) is 0 Å². The maximum atomic E-state index is 10.4. The zero-order valence-electron chi connectivity index (χ0n) is 16.7. The van der Waals surface area contributed by atoms with Crippen molar-refractivity contribution in [2.75, 3.05) is 7.11 Å². The average Bonchev–Trinajstić information content (AvgIpc) is 2.78. The van der Waals surface area contributed by atoms with E-state index in [1.807, 2.05) is 6.07 Å². The van der Waals surface area contributed by atoms with Crippen molar-refractivity contribution in [2.45, 2.75) is 31.8 Å². The molecule has 0 spiro atoms. The van der Waals surface area contributed by atoms with Crippen LogP contribution in [0.2, 0.25) is 0 Å². The summed E-state index contributed by atoms with van der Waals surface area (Å²) < 4.78 is 5.39. The van der Waals surface area contributed by atoms with Crippen LogP contribution in [-0.2, 0) is 11.2 Å². The molecule has 2 aliphatic carbocycles. The highest BCUT2D eigenvalue weighted by atomic mass is 16.5. The van der Waals surface area contributed by atoms with Crippen LogP contribution in [0.4, 0.5) is 0 Å². The number of rotatable bonds is 2. The molecule has 0 amide bonds. The molecule has 6 heteroatoms. The van der Waals surface area contributed by atoms with Crippen molar-refractivity contribution in [3.8, 4) is 0 Å². The number of aliphatic hydroxyl groups excluding tert-OH is 2. The smallest absolute Gasteiger partial charge is 0.315 e. The molecule has 0 radical (unpaired) electrons. The summed E-state index contributed by atoms with van der Waals surface area (Å²) in [5, 5.41) is 25.9. The molecule has 3 N–H and O–H groups in total. The second-order valence-corrected chi connectivity index (χ2v) is 7.64. The first-order valence-electron chi connectivity index (χ1n) is 10.1. The van der Waals surface area contributed by atoms with E-state index >= 15 is 0 Å². The second kappa shape index (κ2) is 7.37. The molecule has 152 valence electrons. The summed E-state index contributed by atoms with van der Waals surface area (Å²) in [6.45, 7) is 0. The maximum Gasteiger partial charge on any atom is 0.315 e. The molecule has 6 nitrogen and oxygen atoms in total. The number of aliphatic imine (C=N–C) groups is 2. The summed E-state index contributed by atoms with van der Waals surface area (Å²) >= 11 is 0. The van der Waals surface area contributed by atoms with Crippen molar-refractivity contribution >= 4 is 28.7 Å². The number of hydrogen-bond donors (Lipinski definition) is 3. The van der Waals surface area contributed by atoms with Gasteiger partial charge in [-0.2, -0.15) is 4.99 Å². The summed E-state index contributed by atoms with van der Waals surface area (Å²) in [4.78, 5) is 9.11. The Bertz CT molecular complexity index is 1190. The van der Waals surface area contributed by atoms with E-state index in [9.17, 15) is 10.2 Å². The van der Waals surface area contributed by atoms with Gasteiger partial charge in [0.2, 0.25) is 0 Å². The van der Waals surface area contributed by atoms with Crippen LogP contribution in [0.25, 0.3) is 16.8 Å². The van der Waals surface area contributed by atoms with Crippen LogP contribution < -0.4 is 5.32 Å². The van der Waals surface area contributed by atoms with Crippen LogP contribution in [-0.4, -0.2) is 29.2 Å². The van der Waals surface area contributed by atoms with E-state index in [0.717, 1.165) is 23.8 Å². The van der Waals surface area contributed by atoms with Crippen molar-refractivity contribution in [1.82, 2.24) is 5.32 Å². The van der Waals surface area contributed by atoms with E-state index in [2.05, 4.69) is 51.7 Å². The number of nitrogens with zero attached hydrogens (tertiary/aromatic N) is 2. The van der Waals surface area contributed by atoms with Gasteiger partial charge in [-0.25, -0.2) is 4.99 Å². The third kappa shape index (κ3) is 3.14. The Morgan fingerprint density at radius 3 is 2.83 bits per heavy atom. The second-order valence-electron chi connectivity index (χ2n) is 7.64. The molecule has 30 heavy (non-hydrogen) atoms. The number of ether oxygens (including phenoxy) is 1. The number of fused-ring (bicyclic) bond motifs is 3. The standard InChI is InChI=1S/C24H23N3O3/c1-30-24-26-22(19-11-10-15(28)13-21(19)29)25-23(27-24)20-12-14-6-2-3-7-16(14)17-8-4-5-9-18(17)20/h2-4,6-8,12-13,23,28-29H,5,9-11H2,1H3,(H,25,26,27). The van der Waals surface area contributed by atoms with E-state index in [4.69, 9.17) is 4.74 Å². The van der Waals surface area contributed by atoms with Crippen LogP contribution in [0, 0.1) is 0 Å². The molecule has 2 aromatic rings. The average molecular weight is 401 g/mol. The van der Waals surface area contributed by atoms with Gasteiger partial charge in [-0.15, -0.1) is 0 Å². The third-order valence-corrected chi connectivity index (χ3v) is 5.81. The van der Waals surface area contributed by atoms with E-state index < -0.39 is 0 Å². The van der Waals surface area contributed by atoms with Crippen LogP contribution in [0.1, 0.15) is 42.1 Å². The molecule has 0 bridgehead atoms. The predicted octanol–water partition coefficient (Wildman–Crippen LogP) is 4.85. The van der Waals surface area contributed by atoms with Gasteiger partial charge in [0.25, 0.3) is 0 Å². The topological polar surface area (TPSA) is 86.4 Å². The highest BCUT2D eigenvalue weighted by Crippen LogP contribution is 2.35. The lowest BCUT2D eigenvalue weighted by atomic mass is 9.87. The van der Waals surface area contributed by atoms with Crippen LogP contribution in [0.15, 0.2) is 69.6 Å². The Morgan fingerprint density at radius 2 is 2.00 bits per heavy atom. The Labute approximate surface area is 174 Å².